The van der Waals surface area contributed by atoms with Crippen LogP contribution in [0.15, 0.2) is 23.2 Å². The topological polar surface area (TPSA) is 114 Å². The van der Waals surface area contributed by atoms with Crippen molar-refractivity contribution in [1.29, 1.82) is 0 Å². The number of aromatic carboxylic acids is 1. The van der Waals surface area contributed by atoms with Crippen LogP contribution >= 0.6 is 12.0 Å². The molecular formula is C18H16F3N5O4S. The number of carboxylic acids is 1. The van der Waals surface area contributed by atoms with Gasteiger partial charge in [0.05, 0.1) is 31.3 Å². The second-order valence-electron chi connectivity index (χ2n) is 6.69. The molecule has 13 heteroatoms. The number of hydrogen-bond donors (Lipinski definition) is 2. The molecule has 31 heavy (non-hydrogen) atoms. The van der Waals surface area contributed by atoms with E-state index >= 15 is 0 Å². The fraction of sp³-hybridized carbons (Fsp3) is 0.333. The van der Waals surface area contributed by atoms with Crippen molar-refractivity contribution in [3.8, 4) is 0 Å². The largest absolute Gasteiger partial charge is 0.478 e. The van der Waals surface area contributed by atoms with Crippen molar-refractivity contribution in [2.45, 2.75) is 30.8 Å². The molecule has 0 unspecified atom stereocenters. The third kappa shape index (κ3) is 3.91. The van der Waals surface area contributed by atoms with Gasteiger partial charge in [-0.1, -0.05) is 0 Å². The van der Waals surface area contributed by atoms with Crippen LogP contribution in [-0.2, 0) is 30.1 Å². The Labute approximate surface area is 177 Å². The number of fused-ring (bicyclic) bond motifs is 3. The van der Waals surface area contributed by atoms with Crippen LogP contribution in [0.4, 0.5) is 19.1 Å². The first kappa shape index (κ1) is 21.3. The summed E-state index contributed by atoms with van der Waals surface area (Å²) in [5.41, 5.74) is -0.392. The molecular weight excluding hydrogens is 439 g/mol. The molecule has 3 aromatic rings. The molecule has 0 spiro atoms. The summed E-state index contributed by atoms with van der Waals surface area (Å²) in [5, 5.41) is 18.6. The highest BCUT2D eigenvalue weighted by atomic mass is 32.2. The Morgan fingerprint density at radius 3 is 2.71 bits per heavy atom. The van der Waals surface area contributed by atoms with Gasteiger partial charge >= 0.3 is 12.1 Å². The van der Waals surface area contributed by atoms with Gasteiger partial charge < -0.3 is 23.9 Å². The Bertz CT molecular complexity index is 1170. The lowest BCUT2D eigenvalue weighted by atomic mass is 10.2. The molecule has 0 saturated heterocycles. The summed E-state index contributed by atoms with van der Waals surface area (Å²) in [6.45, 7) is 0.656. The molecule has 0 amide bonds. The van der Waals surface area contributed by atoms with Gasteiger partial charge in [-0.05, 0) is 17.7 Å². The first-order valence-corrected chi connectivity index (χ1v) is 9.73. The number of hydrogen-bond acceptors (Lipinski definition) is 8. The Balaban J connectivity index is 1.71. The number of benzene rings is 1. The average Bonchev–Trinajstić information content (AvgIpc) is 3.08. The fourth-order valence-corrected chi connectivity index (χ4v) is 4.01. The van der Waals surface area contributed by atoms with Crippen molar-refractivity contribution in [3.05, 3.63) is 41.0 Å². The third-order valence-corrected chi connectivity index (χ3v) is 5.56. The normalized spacial score (nSPS) is 14.2. The number of halogens is 3. The van der Waals surface area contributed by atoms with Crippen molar-refractivity contribution in [1.82, 2.24) is 19.5 Å². The zero-order valence-corrected chi connectivity index (χ0v) is 16.9. The minimum absolute atomic E-state index is 0.138. The molecule has 9 nitrogen and oxygen atoms in total. The molecule has 3 heterocycles. The van der Waals surface area contributed by atoms with E-state index in [0.717, 1.165) is 22.5 Å². The zero-order valence-electron chi connectivity index (χ0n) is 16.0. The van der Waals surface area contributed by atoms with Crippen LogP contribution in [0, 0.1) is 0 Å². The Morgan fingerprint density at radius 2 is 2.06 bits per heavy atom. The summed E-state index contributed by atoms with van der Waals surface area (Å²) < 4.78 is 46.9. The molecule has 1 aromatic carbocycles. The van der Waals surface area contributed by atoms with Gasteiger partial charge in [-0.3, -0.25) is 0 Å². The molecule has 0 fully saturated rings. The second-order valence-corrected chi connectivity index (χ2v) is 7.63. The van der Waals surface area contributed by atoms with E-state index in [-0.39, 0.29) is 19.1 Å². The highest BCUT2D eigenvalue weighted by molar-refractivity contribution is 7.94. The standard InChI is InChI=1S/C18H16F3N5O4S/c1-30-31-13-5-12-11(4-9(13)8-27)23-14-7-25(2-3-26(12)14)17-22-6-10(16(28)29)15(24-17)18(19,20)21/h4-6,27H,2-3,7-8H2,1H3,(H,28,29). The fourth-order valence-electron chi connectivity index (χ4n) is 3.44. The summed E-state index contributed by atoms with van der Waals surface area (Å²) in [5.74, 6) is -1.38. The molecule has 2 aromatic heterocycles. The van der Waals surface area contributed by atoms with E-state index in [1.165, 1.54) is 12.0 Å². The number of aliphatic hydroxyl groups is 1. The van der Waals surface area contributed by atoms with E-state index < -0.39 is 23.4 Å². The van der Waals surface area contributed by atoms with Crippen LogP contribution in [0.25, 0.3) is 11.0 Å². The van der Waals surface area contributed by atoms with Gasteiger partial charge in [-0.2, -0.15) is 13.2 Å². The van der Waals surface area contributed by atoms with Crippen molar-refractivity contribution in [2.75, 3.05) is 18.6 Å². The van der Waals surface area contributed by atoms with Gasteiger partial charge in [0, 0.05) is 36.2 Å². The van der Waals surface area contributed by atoms with Gasteiger partial charge in [-0.15, -0.1) is 0 Å². The van der Waals surface area contributed by atoms with Crippen molar-refractivity contribution < 1.29 is 32.4 Å². The number of rotatable bonds is 5. The van der Waals surface area contributed by atoms with Crippen LogP contribution < -0.4 is 4.90 Å². The number of anilines is 1. The van der Waals surface area contributed by atoms with E-state index in [1.54, 1.807) is 6.07 Å². The molecule has 0 saturated carbocycles. The Kier molecular flexibility index (Phi) is 5.49. The maximum absolute atomic E-state index is 13.3. The summed E-state index contributed by atoms with van der Waals surface area (Å²) >= 11 is 1.11. The molecule has 1 aliphatic heterocycles. The summed E-state index contributed by atoms with van der Waals surface area (Å²) in [6.07, 6.45) is -4.25. The van der Waals surface area contributed by atoms with Crippen molar-refractivity contribution in [2.24, 2.45) is 0 Å². The molecule has 164 valence electrons. The van der Waals surface area contributed by atoms with Crippen LogP contribution in [-0.4, -0.2) is 49.4 Å². The molecule has 0 radical (unpaired) electrons. The van der Waals surface area contributed by atoms with E-state index in [0.29, 0.717) is 36.2 Å². The van der Waals surface area contributed by atoms with Crippen molar-refractivity contribution >= 4 is 35.0 Å². The number of aromatic nitrogens is 4. The predicted molar refractivity (Wildman–Crippen MR) is 104 cm³/mol. The molecule has 4 rings (SSSR count). The van der Waals surface area contributed by atoms with Crippen molar-refractivity contribution in [3.63, 3.8) is 0 Å². The molecule has 0 atom stereocenters. The minimum Gasteiger partial charge on any atom is -0.478 e. The highest BCUT2D eigenvalue weighted by Gasteiger charge is 2.39. The SMILES string of the molecule is COSc1cc2c(cc1CO)nc1n2CCN(c2ncc(C(=O)O)c(C(F)(F)F)n2)C1. The number of alkyl halides is 3. The highest BCUT2D eigenvalue weighted by Crippen LogP contribution is 2.33. The quantitative estimate of drug-likeness (QED) is 0.561. The molecule has 0 aliphatic carbocycles. The van der Waals surface area contributed by atoms with Gasteiger partial charge in [0.2, 0.25) is 5.95 Å². The van der Waals surface area contributed by atoms with Gasteiger partial charge in [0.15, 0.2) is 5.69 Å². The molecule has 2 N–H and O–H groups in total. The van der Waals surface area contributed by atoms with Gasteiger partial charge in [0.1, 0.15) is 11.4 Å². The number of carboxylic acid groups (broad SMARTS) is 1. The zero-order chi connectivity index (χ0) is 22.3. The number of imidazole rings is 1. The average molecular weight is 455 g/mol. The van der Waals surface area contributed by atoms with E-state index in [4.69, 9.17) is 9.29 Å². The smallest absolute Gasteiger partial charge is 0.434 e. The summed E-state index contributed by atoms with van der Waals surface area (Å²) in [7, 11) is 1.52. The monoisotopic (exact) mass is 455 g/mol. The predicted octanol–water partition coefficient (Wildman–Crippen LogP) is 2.71. The number of nitrogens with zero attached hydrogens (tertiary/aromatic N) is 5. The van der Waals surface area contributed by atoms with Crippen LogP contribution in [0.5, 0.6) is 0 Å². The van der Waals surface area contributed by atoms with E-state index in [2.05, 4.69) is 15.0 Å². The van der Waals surface area contributed by atoms with Gasteiger partial charge in [0.25, 0.3) is 0 Å². The lowest BCUT2D eigenvalue weighted by Gasteiger charge is -2.28. The van der Waals surface area contributed by atoms with E-state index in [1.807, 2.05) is 10.6 Å². The third-order valence-electron chi connectivity index (χ3n) is 4.84. The maximum atomic E-state index is 13.3. The lowest BCUT2D eigenvalue weighted by molar-refractivity contribution is -0.141. The summed E-state index contributed by atoms with van der Waals surface area (Å²) in [4.78, 5) is 25.2. The van der Waals surface area contributed by atoms with Crippen LogP contribution in [0.2, 0.25) is 0 Å². The van der Waals surface area contributed by atoms with Crippen LogP contribution in [0.3, 0.4) is 0 Å². The number of aliphatic hydroxyl groups excluding tert-OH is 1. The maximum Gasteiger partial charge on any atom is 0.434 e. The number of carbonyl (C=O) groups is 1. The van der Waals surface area contributed by atoms with E-state index in [9.17, 15) is 23.1 Å². The first-order valence-electron chi connectivity index (χ1n) is 8.99. The minimum atomic E-state index is -4.93. The second kappa shape index (κ2) is 7.98. The molecule has 0 bridgehead atoms. The first-order chi connectivity index (χ1) is 14.7. The van der Waals surface area contributed by atoms with Crippen LogP contribution in [0.1, 0.15) is 27.4 Å². The Morgan fingerprint density at radius 1 is 1.29 bits per heavy atom. The summed E-state index contributed by atoms with van der Waals surface area (Å²) in [6, 6.07) is 3.59. The van der Waals surface area contributed by atoms with Gasteiger partial charge in [-0.25, -0.2) is 19.7 Å². The molecule has 1 aliphatic rings. The Hall–Kier alpha value is -2.90. The lowest BCUT2D eigenvalue weighted by Crippen LogP contribution is -2.35.